The van der Waals surface area contributed by atoms with Gasteiger partial charge in [0.2, 0.25) is 0 Å². The number of carbonyl (C=O) groups excluding carboxylic acids is 1. The smallest absolute Gasteiger partial charge is 0.290 e. The van der Waals surface area contributed by atoms with Crippen LogP contribution in [0, 0.1) is 0 Å². The first-order chi connectivity index (χ1) is 13.2. The first-order valence-electron chi connectivity index (χ1n) is 8.58. The summed E-state index contributed by atoms with van der Waals surface area (Å²) in [6.45, 7) is 2.14. The van der Waals surface area contributed by atoms with Crippen molar-refractivity contribution in [2.45, 2.75) is 24.9 Å². The summed E-state index contributed by atoms with van der Waals surface area (Å²) in [5.41, 5.74) is 0.766. The molecule has 3 aromatic rings. The minimum Gasteiger partial charge on any atom is -0.493 e. The van der Waals surface area contributed by atoms with Gasteiger partial charge in [0.05, 0.1) is 19.1 Å². The maximum Gasteiger partial charge on any atom is 0.290 e. The molecular weight excluding hydrogens is 382 g/mol. The highest BCUT2D eigenvalue weighted by Gasteiger charge is 2.20. The van der Waals surface area contributed by atoms with E-state index in [0.717, 1.165) is 24.2 Å². The Hall–Kier alpha value is -2.32. The topological polar surface area (TPSA) is 66.2 Å². The minimum atomic E-state index is -0.164. The Morgan fingerprint density at radius 2 is 2.04 bits per heavy atom. The van der Waals surface area contributed by atoms with Gasteiger partial charge in [0.15, 0.2) is 22.5 Å². The van der Waals surface area contributed by atoms with Gasteiger partial charge in [-0.2, -0.15) is 4.68 Å². The summed E-state index contributed by atoms with van der Waals surface area (Å²) in [4.78, 5) is 18.1. The molecule has 6 nitrogen and oxygen atoms in total. The Balaban J connectivity index is 1.99. The number of nitrogens with zero attached hydrogens (tertiary/aromatic N) is 3. The molecule has 0 amide bonds. The van der Waals surface area contributed by atoms with E-state index in [0.29, 0.717) is 27.4 Å². The van der Waals surface area contributed by atoms with E-state index in [1.54, 1.807) is 38.1 Å². The van der Waals surface area contributed by atoms with Crippen LogP contribution in [0.25, 0.3) is 11.4 Å². The van der Waals surface area contributed by atoms with Gasteiger partial charge in [-0.25, -0.2) is 4.98 Å². The molecule has 0 aliphatic rings. The van der Waals surface area contributed by atoms with Gasteiger partial charge in [-0.05, 0) is 36.1 Å². The quantitative estimate of drug-likeness (QED) is 0.404. The van der Waals surface area contributed by atoms with Crippen LogP contribution >= 0.6 is 23.1 Å². The molecule has 2 aromatic heterocycles. The third-order valence-corrected chi connectivity index (χ3v) is 5.75. The third-order valence-electron chi connectivity index (χ3n) is 3.87. The van der Waals surface area contributed by atoms with Gasteiger partial charge in [-0.3, -0.25) is 4.79 Å². The molecule has 0 fully saturated rings. The van der Waals surface area contributed by atoms with Crippen molar-refractivity contribution in [3.8, 4) is 22.9 Å². The molecule has 0 aliphatic carbocycles. The average Bonchev–Trinajstić information content (AvgIpc) is 3.37. The van der Waals surface area contributed by atoms with Crippen LogP contribution in [0.4, 0.5) is 0 Å². The van der Waals surface area contributed by atoms with E-state index in [1.165, 1.54) is 16.0 Å². The van der Waals surface area contributed by atoms with Crippen LogP contribution in [0.5, 0.6) is 11.5 Å². The number of hydrogen-bond donors (Lipinski definition) is 0. The van der Waals surface area contributed by atoms with Crippen LogP contribution < -0.4 is 9.47 Å². The average molecular weight is 404 g/mol. The lowest BCUT2D eigenvalue weighted by Crippen LogP contribution is -2.13. The fourth-order valence-corrected chi connectivity index (χ4v) is 4.09. The zero-order valence-corrected chi connectivity index (χ0v) is 17.1. The van der Waals surface area contributed by atoms with E-state index in [1.807, 2.05) is 23.6 Å². The number of benzene rings is 1. The van der Waals surface area contributed by atoms with Crippen LogP contribution in [-0.4, -0.2) is 40.6 Å². The molecule has 142 valence electrons. The van der Waals surface area contributed by atoms with Gasteiger partial charge in [-0.15, -0.1) is 16.4 Å². The SMILES string of the molecule is CCCCSc1nc(-c2ccc(OC)c(OC)c2)nn1C(=O)c1cccs1. The van der Waals surface area contributed by atoms with Crippen LogP contribution in [0.1, 0.15) is 29.4 Å². The standard InChI is InChI=1S/C19H21N3O3S2/c1-4-5-10-27-19-20-17(13-8-9-14(24-2)15(12-13)25-3)21-22(19)18(23)16-7-6-11-26-16/h6-9,11-12H,4-5,10H2,1-3H3. The largest absolute Gasteiger partial charge is 0.493 e. The lowest BCUT2D eigenvalue weighted by molar-refractivity contribution is 0.0938. The van der Waals surface area contributed by atoms with Gasteiger partial charge < -0.3 is 9.47 Å². The van der Waals surface area contributed by atoms with E-state index in [2.05, 4.69) is 17.0 Å². The molecule has 8 heteroatoms. The predicted molar refractivity (Wildman–Crippen MR) is 108 cm³/mol. The number of carbonyl (C=O) groups is 1. The number of hydrogen-bond acceptors (Lipinski definition) is 7. The number of thioether (sulfide) groups is 1. The summed E-state index contributed by atoms with van der Waals surface area (Å²) in [5, 5.41) is 6.97. The monoisotopic (exact) mass is 403 g/mol. The van der Waals surface area contributed by atoms with Crippen molar-refractivity contribution in [3.05, 3.63) is 40.6 Å². The summed E-state index contributed by atoms with van der Waals surface area (Å²) in [5.74, 6) is 2.44. The molecule has 0 radical (unpaired) electrons. The Morgan fingerprint density at radius 1 is 1.22 bits per heavy atom. The Bertz CT molecular complexity index is 907. The van der Waals surface area contributed by atoms with Crippen molar-refractivity contribution >= 4 is 29.0 Å². The molecule has 3 rings (SSSR count). The van der Waals surface area contributed by atoms with Crippen LogP contribution in [0.15, 0.2) is 40.9 Å². The maximum absolute atomic E-state index is 12.8. The first kappa shape index (κ1) is 19.4. The highest BCUT2D eigenvalue weighted by atomic mass is 32.2. The van der Waals surface area contributed by atoms with Gasteiger partial charge in [-0.1, -0.05) is 31.2 Å². The van der Waals surface area contributed by atoms with Crippen LogP contribution in [0.3, 0.4) is 0 Å². The van der Waals surface area contributed by atoms with Crippen molar-refractivity contribution < 1.29 is 14.3 Å². The molecule has 0 saturated heterocycles. The Kier molecular flexibility index (Phi) is 6.52. The van der Waals surface area contributed by atoms with Crippen molar-refractivity contribution in [2.75, 3.05) is 20.0 Å². The molecule has 0 aliphatic heterocycles. The number of methoxy groups -OCH3 is 2. The summed E-state index contributed by atoms with van der Waals surface area (Å²) in [6, 6.07) is 9.13. The molecule has 0 N–H and O–H groups in total. The third kappa shape index (κ3) is 4.33. The molecule has 0 atom stereocenters. The zero-order valence-electron chi connectivity index (χ0n) is 15.5. The second-order valence-electron chi connectivity index (χ2n) is 5.68. The number of rotatable bonds is 8. The fourth-order valence-electron chi connectivity index (χ4n) is 2.43. The summed E-state index contributed by atoms with van der Waals surface area (Å²) in [6.07, 6.45) is 2.14. The van der Waals surface area contributed by atoms with E-state index in [-0.39, 0.29) is 5.91 Å². The molecule has 0 saturated carbocycles. The Morgan fingerprint density at radius 3 is 2.70 bits per heavy atom. The number of ether oxygens (including phenoxy) is 2. The van der Waals surface area contributed by atoms with Crippen molar-refractivity contribution in [1.29, 1.82) is 0 Å². The van der Waals surface area contributed by atoms with Crippen molar-refractivity contribution in [1.82, 2.24) is 14.8 Å². The van der Waals surface area contributed by atoms with Gasteiger partial charge in [0, 0.05) is 11.3 Å². The van der Waals surface area contributed by atoms with E-state index in [9.17, 15) is 4.79 Å². The number of unbranched alkanes of at least 4 members (excludes halogenated alkanes) is 1. The van der Waals surface area contributed by atoms with Crippen molar-refractivity contribution in [3.63, 3.8) is 0 Å². The molecular formula is C19H21N3O3S2. The minimum absolute atomic E-state index is 0.164. The summed E-state index contributed by atoms with van der Waals surface area (Å²) >= 11 is 2.94. The van der Waals surface area contributed by atoms with Gasteiger partial charge in [0.25, 0.3) is 5.91 Å². The molecule has 27 heavy (non-hydrogen) atoms. The highest BCUT2D eigenvalue weighted by Crippen LogP contribution is 2.32. The highest BCUT2D eigenvalue weighted by molar-refractivity contribution is 7.99. The van der Waals surface area contributed by atoms with Crippen LogP contribution in [0.2, 0.25) is 0 Å². The van der Waals surface area contributed by atoms with E-state index >= 15 is 0 Å². The van der Waals surface area contributed by atoms with Crippen LogP contribution in [-0.2, 0) is 0 Å². The molecule has 0 bridgehead atoms. The number of thiophene rings is 1. The van der Waals surface area contributed by atoms with Gasteiger partial charge >= 0.3 is 0 Å². The normalized spacial score (nSPS) is 10.8. The lowest BCUT2D eigenvalue weighted by Gasteiger charge is -2.07. The number of aromatic nitrogens is 3. The second-order valence-corrected chi connectivity index (χ2v) is 7.69. The van der Waals surface area contributed by atoms with E-state index in [4.69, 9.17) is 9.47 Å². The predicted octanol–water partition coefficient (Wildman–Crippen LogP) is 4.60. The molecule has 2 heterocycles. The summed E-state index contributed by atoms with van der Waals surface area (Å²) in [7, 11) is 3.17. The zero-order chi connectivity index (χ0) is 19.2. The van der Waals surface area contributed by atoms with Crippen molar-refractivity contribution in [2.24, 2.45) is 0 Å². The first-order valence-corrected chi connectivity index (χ1v) is 10.4. The maximum atomic E-state index is 12.8. The molecule has 0 unspecified atom stereocenters. The summed E-state index contributed by atoms with van der Waals surface area (Å²) < 4.78 is 12.0. The Labute approximate surface area is 166 Å². The second kappa shape index (κ2) is 9.05. The molecule has 1 aromatic carbocycles. The lowest BCUT2D eigenvalue weighted by atomic mass is 10.2. The van der Waals surface area contributed by atoms with Gasteiger partial charge in [0.1, 0.15) is 0 Å². The molecule has 0 spiro atoms. The fraction of sp³-hybridized carbons (Fsp3) is 0.316. The van der Waals surface area contributed by atoms with E-state index < -0.39 is 0 Å².